The average Bonchev–Trinajstić information content (AvgIpc) is 1.96. The van der Waals surface area contributed by atoms with Gasteiger partial charge in [0.05, 0.1) is 4.90 Å². The molecule has 90 valence electrons. The predicted molar refractivity (Wildman–Crippen MR) is 69.0 cm³/mol. The van der Waals surface area contributed by atoms with Crippen LogP contribution in [0.1, 0.15) is 26.3 Å². The summed E-state index contributed by atoms with van der Waals surface area (Å²) in [6, 6.07) is 5.12. The monoisotopic (exact) mass is 305 g/mol. The third-order valence-corrected chi connectivity index (χ3v) is 3.96. The van der Waals surface area contributed by atoms with Gasteiger partial charge in [0.2, 0.25) is 10.0 Å². The molecule has 0 aromatic heterocycles. The van der Waals surface area contributed by atoms with Crippen LogP contribution in [0.5, 0.6) is 0 Å². The van der Waals surface area contributed by atoms with Gasteiger partial charge in [-0.3, -0.25) is 0 Å². The fourth-order valence-electron chi connectivity index (χ4n) is 1.32. The van der Waals surface area contributed by atoms with Crippen LogP contribution in [-0.2, 0) is 10.0 Å². The highest BCUT2D eigenvalue weighted by Gasteiger charge is 2.22. The molecule has 1 rings (SSSR count). The van der Waals surface area contributed by atoms with Gasteiger partial charge in [-0.1, -0.05) is 15.9 Å². The molecule has 0 radical (unpaired) electrons. The number of halogens is 1. The standard InChI is InChI=1S/C11H16BrNO2S/c1-8-5-9(12)7-10(6-8)16(14,15)13-11(2,3)4/h5-7,13H,1-4H3. The molecule has 1 N–H and O–H groups in total. The van der Waals surface area contributed by atoms with E-state index in [0.717, 1.165) is 10.0 Å². The molecule has 0 atom stereocenters. The third kappa shape index (κ3) is 3.88. The SMILES string of the molecule is Cc1cc(Br)cc(S(=O)(=O)NC(C)(C)C)c1. The van der Waals surface area contributed by atoms with E-state index >= 15 is 0 Å². The summed E-state index contributed by atoms with van der Waals surface area (Å²) >= 11 is 3.29. The summed E-state index contributed by atoms with van der Waals surface area (Å²) in [5.74, 6) is 0. The molecule has 0 aliphatic rings. The summed E-state index contributed by atoms with van der Waals surface area (Å²) in [4.78, 5) is 0.286. The van der Waals surface area contributed by atoms with E-state index in [0.29, 0.717) is 0 Å². The Morgan fingerprint density at radius 2 is 1.75 bits per heavy atom. The van der Waals surface area contributed by atoms with Gasteiger partial charge in [0.25, 0.3) is 0 Å². The highest BCUT2D eigenvalue weighted by atomic mass is 79.9. The number of nitrogens with one attached hydrogen (secondary N) is 1. The zero-order chi connectivity index (χ0) is 12.6. The Morgan fingerprint density at radius 1 is 1.19 bits per heavy atom. The summed E-state index contributed by atoms with van der Waals surface area (Å²) in [7, 11) is -3.44. The van der Waals surface area contributed by atoms with Gasteiger partial charge < -0.3 is 0 Å². The van der Waals surface area contributed by atoms with Crippen LogP contribution in [0.25, 0.3) is 0 Å². The van der Waals surface area contributed by atoms with Crippen LogP contribution in [0, 0.1) is 6.92 Å². The molecule has 0 amide bonds. The van der Waals surface area contributed by atoms with Crippen molar-refractivity contribution in [2.45, 2.75) is 38.1 Å². The molecule has 3 nitrogen and oxygen atoms in total. The van der Waals surface area contributed by atoms with E-state index in [1.807, 2.05) is 33.8 Å². The fourth-order valence-corrected chi connectivity index (χ4v) is 3.63. The maximum absolute atomic E-state index is 12.0. The maximum atomic E-state index is 12.0. The molecule has 0 fully saturated rings. The van der Waals surface area contributed by atoms with Crippen LogP contribution in [0.3, 0.4) is 0 Å². The Morgan fingerprint density at radius 3 is 2.19 bits per heavy atom. The Labute approximate surface area is 105 Å². The van der Waals surface area contributed by atoms with E-state index in [9.17, 15) is 8.42 Å². The van der Waals surface area contributed by atoms with Crippen LogP contribution in [0.15, 0.2) is 27.6 Å². The van der Waals surface area contributed by atoms with Gasteiger partial charge in [0.15, 0.2) is 0 Å². The molecule has 0 aliphatic carbocycles. The molecule has 1 aromatic carbocycles. The third-order valence-electron chi connectivity index (χ3n) is 1.77. The van der Waals surface area contributed by atoms with Crippen LogP contribution >= 0.6 is 15.9 Å². The quantitative estimate of drug-likeness (QED) is 0.913. The highest BCUT2D eigenvalue weighted by Crippen LogP contribution is 2.20. The van der Waals surface area contributed by atoms with Gasteiger partial charge in [-0.15, -0.1) is 0 Å². The summed E-state index contributed by atoms with van der Waals surface area (Å²) in [5, 5.41) is 0. The minimum Gasteiger partial charge on any atom is -0.207 e. The summed E-state index contributed by atoms with van der Waals surface area (Å²) in [6.45, 7) is 7.31. The van der Waals surface area contributed by atoms with Crippen LogP contribution < -0.4 is 4.72 Å². The van der Waals surface area contributed by atoms with Crippen molar-refractivity contribution in [3.05, 3.63) is 28.2 Å². The zero-order valence-corrected chi connectivity index (χ0v) is 12.2. The van der Waals surface area contributed by atoms with Crippen LogP contribution in [-0.4, -0.2) is 14.0 Å². The second-order valence-corrected chi connectivity index (χ2v) is 7.42. The van der Waals surface area contributed by atoms with Gasteiger partial charge in [0, 0.05) is 10.0 Å². The second kappa shape index (κ2) is 4.47. The molecule has 0 aliphatic heterocycles. The lowest BCUT2D eigenvalue weighted by Gasteiger charge is -2.20. The van der Waals surface area contributed by atoms with E-state index in [1.54, 1.807) is 12.1 Å². The molecular weight excluding hydrogens is 290 g/mol. The average molecular weight is 306 g/mol. The first kappa shape index (κ1) is 13.7. The van der Waals surface area contributed by atoms with Crippen molar-refractivity contribution < 1.29 is 8.42 Å². The van der Waals surface area contributed by atoms with E-state index in [1.165, 1.54) is 0 Å². The largest absolute Gasteiger partial charge is 0.241 e. The van der Waals surface area contributed by atoms with E-state index < -0.39 is 15.6 Å². The van der Waals surface area contributed by atoms with Crippen molar-refractivity contribution in [3.63, 3.8) is 0 Å². The molecule has 0 saturated heterocycles. The van der Waals surface area contributed by atoms with Crippen LogP contribution in [0.2, 0.25) is 0 Å². The van der Waals surface area contributed by atoms with Crippen molar-refractivity contribution in [2.24, 2.45) is 0 Å². The first-order valence-corrected chi connectivity index (χ1v) is 7.19. The Hall–Kier alpha value is -0.390. The van der Waals surface area contributed by atoms with Gasteiger partial charge in [-0.25, -0.2) is 13.1 Å². The molecule has 16 heavy (non-hydrogen) atoms. The number of benzene rings is 1. The lowest BCUT2D eigenvalue weighted by Crippen LogP contribution is -2.40. The number of hydrogen-bond acceptors (Lipinski definition) is 2. The molecular formula is C11H16BrNO2S. The number of sulfonamides is 1. The highest BCUT2D eigenvalue weighted by molar-refractivity contribution is 9.10. The number of aryl methyl sites for hydroxylation is 1. The Balaban J connectivity index is 3.18. The number of hydrogen-bond donors (Lipinski definition) is 1. The Bertz CT molecular complexity index is 469. The van der Waals surface area contributed by atoms with Gasteiger partial charge >= 0.3 is 0 Å². The smallest absolute Gasteiger partial charge is 0.207 e. The minimum absolute atomic E-state index is 0.286. The minimum atomic E-state index is -3.44. The Kier molecular flexibility index (Phi) is 3.82. The predicted octanol–water partition coefficient (Wildman–Crippen LogP) is 2.83. The lowest BCUT2D eigenvalue weighted by molar-refractivity contribution is 0.491. The van der Waals surface area contributed by atoms with Gasteiger partial charge in [-0.2, -0.15) is 0 Å². The van der Waals surface area contributed by atoms with Crippen molar-refractivity contribution >= 4 is 26.0 Å². The molecule has 0 heterocycles. The summed E-state index contributed by atoms with van der Waals surface area (Å²) in [5.41, 5.74) is 0.429. The summed E-state index contributed by atoms with van der Waals surface area (Å²) in [6.07, 6.45) is 0. The molecule has 1 aromatic rings. The van der Waals surface area contributed by atoms with E-state index in [4.69, 9.17) is 0 Å². The van der Waals surface area contributed by atoms with Crippen molar-refractivity contribution in [1.29, 1.82) is 0 Å². The van der Waals surface area contributed by atoms with Gasteiger partial charge in [-0.05, 0) is 51.5 Å². The number of rotatable bonds is 2. The molecule has 0 spiro atoms. The molecule has 0 bridgehead atoms. The molecule has 0 saturated carbocycles. The molecule has 0 unspecified atom stereocenters. The van der Waals surface area contributed by atoms with Crippen molar-refractivity contribution in [2.75, 3.05) is 0 Å². The topological polar surface area (TPSA) is 46.2 Å². The lowest BCUT2D eigenvalue weighted by atomic mass is 10.1. The van der Waals surface area contributed by atoms with Crippen LogP contribution in [0.4, 0.5) is 0 Å². The van der Waals surface area contributed by atoms with Gasteiger partial charge in [0.1, 0.15) is 0 Å². The first-order chi connectivity index (χ1) is 7.10. The maximum Gasteiger partial charge on any atom is 0.241 e. The normalized spacial score (nSPS) is 12.8. The van der Waals surface area contributed by atoms with E-state index in [-0.39, 0.29) is 4.90 Å². The zero-order valence-electron chi connectivity index (χ0n) is 9.83. The van der Waals surface area contributed by atoms with Crippen molar-refractivity contribution in [1.82, 2.24) is 4.72 Å². The van der Waals surface area contributed by atoms with Crippen molar-refractivity contribution in [3.8, 4) is 0 Å². The summed E-state index contributed by atoms with van der Waals surface area (Å²) < 4.78 is 27.4. The first-order valence-electron chi connectivity index (χ1n) is 4.91. The molecule has 5 heteroatoms. The second-order valence-electron chi connectivity index (χ2n) is 4.82. The fraction of sp³-hybridized carbons (Fsp3) is 0.455. The van der Waals surface area contributed by atoms with E-state index in [2.05, 4.69) is 20.7 Å².